The number of aromatic nitrogens is 3. The van der Waals surface area contributed by atoms with Crippen molar-refractivity contribution in [1.29, 1.82) is 0 Å². The summed E-state index contributed by atoms with van der Waals surface area (Å²) in [7, 11) is 5.65. The topological polar surface area (TPSA) is 58.3 Å². The first-order chi connectivity index (χ1) is 10.5. The molecule has 1 aromatic carbocycles. The fraction of sp³-hybridized carbons (Fsp3) is 0.400. The second-order valence-electron chi connectivity index (χ2n) is 5.13. The zero-order valence-electron chi connectivity index (χ0n) is 13.7. The smallest absolute Gasteiger partial charge is 0.194 e. The van der Waals surface area contributed by atoms with E-state index >= 15 is 0 Å². The van der Waals surface area contributed by atoms with Crippen LogP contribution in [-0.2, 0) is 20.1 Å². The number of aryl methyl sites for hydroxylation is 2. The van der Waals surface area contributed by atoms with Crippen molar-refractivity contribution in [3.05, 3.63) is 46.0 Å². The lowest BCUT2D eigenvalue weighted by Crippen LogP contribution is -2.38. The summed E-state index contributed by atoms with van der Waals surface area (Å²) in [4.78, 5) is 10.6. The van der Waals surface area contributed by atoms with Gasteiger partial charge in [-0.25, -0.2) is 4.98 Å². The van der Waals surface area contributed by atoms with Gasteiger partial charge in [-0.05, 0) is 30.2 Å². The Kier molecular flexibility index (Phi) is 7.97. The number of rotatable bonds is 4. The maximum absolute atomic E-state index is 4.33. The van der Waals surface area contributed by atoms with E-state index in [1.807, 2.05) is 19.0 Å². The Hall–Kier alpha value is -1.16. The molecule has 2 rings (SSSR count). The van der Waals surface area contributed by atoms with Gasteiger partial charge in [0.1, 0.15) is 12.2 Å². The van der Waals surface area contributed by atoms with E-state index in [2.05, 4.69) is 61.4 Å². The summed E-state index contributed by atoms with van der Waals surface area (Å²) in [6.07, 6.45) is 1.56. The van der Waals surface area contributed by atoms with Crippen LogP contribution in [0.2, 0.25) is 0 Å². The molecular weight excluding hydrogens is 471 g/mol. The van der Waals surface area contributed by atoms with Crippen molar-refractivity contribution in [3.8, 4) is 0 Å². The van der Waals surface area contributed by atoms with Crippen LogP contribution in [0.3, 0.4) is 0 Å². The second kappa shape index (κ2) is 9.21. The highest BCUT2D eigenvalue weighted by Gasteiger charge is 2.10. The Bertz CT molecular complexity index is 670. The van der Waals surface area contributed by atoms with Gasteiger partial charge in [0, 0.05) is 32.2 Å². The molecule has 0 radical (unpaired) electrons. The normalized spacial score (nSPS) is 11.1. The highest BCUT2D eigenvalue weighted by atomic mass is 127. The van der Waals surface area contributed by atoms with Gasteiger partial charge in [0.25, 0.3) is 0 Å². The number of hydrogen-bond acceptors (Lipinski definition) is 3. The molecular formula is C15H22BrIN6. The number of benzene rings is 1. The first-order valence-corrected chi connectivity index (χ1v) is 7.80. The molecule has 0 aliphatic rings. The number of nitrogens with zero attached hydrogens (tertiary/aromatic N) is 5. The lowest BCUT2D eigenvalue weighted by atomic mass is 10.1. The minimum Gasteiger partial charge on any atom is -0.352 e. The van der Waals surface area contributed by atoms with Crippen molar-refractivity contribution in [3.63, 3.8) is 0 Å². The van der Waals surface area contributed by atoms with Gasteiger partial charge in [-0.15, -0.1) is 24.0 Å². The standard InChI is InChI=1S/C15H21BrN6.HI/c1-11-7-13(16)6-5-12(11)8-18-15(17-2)21(3)9-14-19-10-20-22(14)4;/h5-7,10H,8-9H2,1-4H3,(H,17,18);1H. The maximum atomic E-state index is 4.33. The highest BCUT2D eigenvalue weighted by Crippen LogP contribution is 2.15. The molecule has 0 saturated heterocycles. The molecule has 0 aliphatic carbocycles. The molecule has 0 atom stereocenters. The van der Waals surface area contributed by atoms with Gasteiger partial charge in [0.2, 0.25) is 0 Å². The summed E-state index contributed by atoms with van der Waals surface area (Å²) >= 11 is 3.49. The van der Waals surface area contributed by atoms with Crippen molar-refractivity contribution < 1.29 is 0 Å². The molecule has 0 unspecified atom stereocenters. The molecule has 6 nitrogen and oxygen atoms in total. The summed E-state index contributed by atoms with van der Waals surface area (Å²) in [5, 5.41) is 7.46. The number of guanidine groups is 1. The third-order valence-corrected chi connectivity index (χ3v) is 3.99. The summed E-state index contributed by atoms with van der Waals surface area (Å²) in [5.41, 5.74) is 2.49. The molecule has 2 aromatic rings. The van der Waals surface area contributed by atoms with Crippen LogP contribution in [0.4, 0.5) is 0 Å². The third kappa shape index (κ3) is 5.45. The Labute approximate surface area is 162 Å². The van der Waals surface area contributed by atoms with Crippen LogP contribution in [-0.4, -0.2) is 39.7 Å². The minimum absolute atomic E-state index is 0. The molecule has 0 spiro atoms. The number of nitrogens with one attached hydrogen (secondary N) is 1. The molecule has 1 N–H and O–H groups in total. The van der Waals surface area contributed by atoms with Crippen LogP contribution in [0.5, 0.6) is 0 Å². The zero-order chi connectivity index (χ0) is 16.1. The quantitative estimate of drug-likeness (QED) is 0.405. The number of aliphatic imine (C=N–C) groups is 1. The van der Waals surface area contributed by atoms with E-state index in [1.54, 1.807) is 18.1 Å². The largest absolute Gasteiger partial charge is 0.352 e. The summed E-state index contributed by atoms with van der Waals surface area (Å²) in [5.74, 6) is 1.72. The monoisotopic (exact) mass is 492 g/mol. The lowest BCUT2D eigenvalue weighted by Gasteiger charge is -2.22. The molecule has 8 heteroatoms. The van der Waals surface area contributed by atoms with Crippen LogP contribution in [0.25, 0.3) is 0 Å². The Morgan fingerprint density at radius 1 is 1.43 bits per heavy atom. The van der Waals surface area contributed by atoms with E-state index in [0.29, 0.717) is 6.54 Å². The van der Waals surface area contributed by atoms with Gasteiger partial charge in [0.15, 0.2) is 5.96 Å². The average Bonchev–Trinajstić information content (AvgIpc) is 2.87. The zero-order valence-corrected chi connectivity index (χ0v) is 17.7. The number of hydrogen-bond donors (Lipinski definition) is 1. The fourth-order valence-corrected chi connectivity index (χ4v) is 2.64. The van der Waals surface area contributed by atoms with E-state index < -0.39 is 0 Å². The fourth-order valence-electron chi connectivity index (χ4n) is 2.17. The summed E-state index contributed by atoms with van der Waals surface area (Å²) in [6, 6.07) is 6.28. The van der Waals surface area contributed by atoms with Gasteiger partial charge in [-0.2, -0.15) is 5.10 Å². The molecule has 0 aliphatic heterocycles. The first-order valence-electron chi connectivity index (χ1n) is 7.01. The van der Waals surface area contributed by atoms with Gasteiger partial charge in [-0.1, -0.05) is 22.0 Å². The van der Waals surface area contributed by atoms with Crippen molar-refractivity contribution >= 4 is 45.9 Å². The van der Waals surface area contributed by atoms with Gasteiger partial charge in [-0.3, -0.25) is 9.67 Å². The van der Waals surface area contributed by atoms with Crippen molar-refractivity contribution in [2.24, 2.45) is 12.0 Å². The maximum Gasteiger partial charge on any atom is 0.194 e. The minimum atomic E-state index is 0. The van der Waals surface area contributed by atoms with E-state index in [0.717, 1.165) is 22.8 Å². The lowest BCUT2D eigenvalue weighted by molar-refractivity contribution is 0.448. The molecule has 1 aromatic heterocycles. The van der Waals surface area contributed by atoms with Crippen LogP contribution in [0.1, 0.15) is 17.0 Å². The van der Waals surface area contributed by atoms with Gasteiger partial charge >= 0.3 is 0 Å². The van der Waals surface area contributed by atoms with Gasteiger partial charge in [0.05, 0.1) is 6.54 Å². The number of halogens is 2. The molecule has 0 saturated carbocycles. The first kappa shape index (κ1) is 19.9. The van der Waals surface area contributed by atoms with Crippen LogP contribution in [0.15, 0.2) is 34.0 Å². The highest BCUT2D eigenvalue weighted by molar-refractivity contribution is 14.0. The Balaban J connectivity index is 0.00000264. The SMILES string of the molecule is CN=C(NCc1ccc(Br)cc1C)N(C)Cc1ncnn1C.I. The van der Waals surface area contributed by atoms with E-state index in [1.165, 1.54) is 11.1 Å². The molecule has 1 heterocycles. The van der Waals surface area contributed by atoms with Crippen LogP contribution in [0, 0.1) is 6.92 Å². The third-order valence-electron chi connectivity index (χ3n) is 3.50. The van der Waals surface area contributed by atoms with Crippen molar-refractivity contribution in [2.45, 2.75) is 20.0 Å². The Morgan fingerprint density at radius 3 is 2.74 bits per heavy atom. The molecule has 23 heavy (non-hydrogen) atoms. The van der Waals surface area contributed by atoms with Crippen LogP contribution < -0.4 is 5.32 Å². The summed E-state index contributed by atoms with van der Waals surface area (Å²) in [6.45, 7) is 3.48. The van der Waals surface area contributed by atoms with Gasteiger partial charge < -0.3 is 10.2 Å². The second-order valence-corrected chi connectivity index (χ2v) is 6.04. The van der Waals surface area contributed by atoms with Crippen molar-refractivity contribution in [2.75, 3.05) is 14.1 Å². The van der Waals surface area contributed by atoms with E-state index in [-0.39, 0.29) is 24.0 Å². The van der Waals surface area contributed by atoms with Crippen molar-refractivity contribution in [1.82, 2.24) is 25.0 Å². The van der Waals surface area contributed by atoms with Crippen LogP contribution >= 0.6 is 39.9 Å². The Morgan fingerprint density at radius 2 is 2.17 bits per heavy atom. The molecule has 0 fully saturated rings. The molecule has 0 amide bonds. The summed E-state index contributed by atoms with van der Waals surface area (Å²) < 4.78 is 2.86. The molecule has 126 valence electrons. The predicted molar refractivity (Wildman–Crippen MR) is 107 cm³/mol. The van der Waals surface area contributed by atoms with E-state index in [4.69, 9.17) is 0 Å². The average molecular weight is 493 g/mol. The molecule has 0 bridgehead atoms. The van der Waals surface area contributed by atoms with E-state index in [9.17, 15) is 0 Å². The predicted octanol–water partition coefficient (Wildman–Crippen LogP) is 2.71.